The lowest BCUT2D eigenvalue weighted by Gasteiger charge is -1.95. The Labute approximate surface area is 61.5 Å². The summed E-state index contributed by atoms with van der Waals surface area (Å²) in [6.45, 7) is -0.221. The van der Waals surface area contributed by atoms with E-state index in [2.05, 4.69) is 4.98 Å². The van der Waals surface area contributed by atoms with Gasteiger partial charge < -0.3 is 0 Å². The van der Waals surface area contributed by atoms with Gasteiger partial charge in [-0.05, 0) is 23.6 Å². The number of alkyl halides is 1. The number of pyridine rings is 1. The van der Waals surface area contributed by atoms with E-state index >= 15 is 0 Å². The monoisotopic (exact) mass is 156 g/mol. The number of halogens is 1. The van der Waals surface area contributed by atoms with Crippen LogP contribution < -0.4 is 5.30 Å². The van der Waals surface area contributed by atoms with Crippen LogP contribution in [0.4, 0.5) is 4.39 Å². The minimum absolute atomic E-state index is 0.221. The molecular weight excluding hydrogens is 147 g/mol. The second-order valence-corrected chi connectivity index (χ2v) is 3.28. The number of hydrogen-bond acceptors (Lipinski definition) is 1. The maximum absolute atomic E-state index is 11.7. The third-order valence-corrected chi connectivity index (χ3v) is 2.28. The molecule has 0 aliphatic heterocycles. The van der Waals surface area contributed by atoms with E-state index in [-0.39, 0.29) is 6.67 Å². The van der Waals surface area contributed by atoms with E-state index < -0.39 is 0 Å². The third-order valence-electron chi connectivity index (χ3n) is 1.10. The summed E-state index contributed by atoms with van der Waals surface area (Å²) in [6.07, 6.45) is 4.12. The molecule has 0 amide bonds. The first-order chi connectivity index (χ1) is 4.93. The van der Waals surface area contributed by atoms with E-state index in [1.807, 2.05) is 12.1 Å². The van der Waals surface area contributed by atoms with Gasteiger partial charge in [0.1, 0.15) is 0 Å². The molecule has 0 aliphatic carbocycles. The molecular formula is C7H9FNP. The lowest BCUT2D eigenvalue weighted by molar-refractivity contribution is 0.532. The molecule has 0 radical (unpaired) electrons. The molecule has 10 heavy (non-hydrogen) atoms. The topological polar surface area (TPSA) is 12.9 Å². The molecule has 0 N–H and O–H groups in total. The zero-order valence-corrected chi connectivity index (χ0v) is 6.55. The van der Waals surface area contributed by atoms with E-state index in [0.717, 1.165) is 0 Å². The molecule has 0 spiro atoms. The van der Waals surface area contributed by atoms with E-state index in [9.17, 15) is 4.39 Å². The lowest BCUT2D eigenvalue weighted by atomic mass is 10.5. The maximum Gasteiger partial charge on any atom is 0.0934 e. The van der Waals surface area contributed by atoms with Crippen LogP contribution in [0.25, 0.3) is 0 Å². The Hall–Kier alpha value is -0.490. The largest absolute Gasteiger partial charge is 0.265 e. The summed E-state index contributed by atoms with van der Waals surface area (Å²) in [4.78, 5) is 3.86. The summed E-state index contributed by atoms with van der Waals surface area (Å²) in [6, 6.07) is 3.85. The van der Waals surface area contributed by atoms with Crippen molar-refractivity contribution < 1.29 is 4.39 Å². The molecule has 1 unspecified atom stereocenters. The Bertz CT molecular complexity index is 178. The highest BCUT2D eigenvalue weighted by Gasteiger charge is 1.88. The van der Waals surface area contributed by atoms with Gasteiger partial charge in [0.25, 0.3) is 0 Å². The summed E-state index contributed by atoms with van der Waals surface area (Å²) in [5.74, 6) is 0. The van der Waals surface area contributed by atoms with Crippen LogP contribution in [0.3, 0.4) is 0 Å². The molecule has 0 fully saturated rings. The predicted molar refractivity (Wildman–Crippen MR) is 43.0 cm³/mol. The lowest BCUT2D eigenvalue weighted by Crippen LogP contribution is -1.94. The number of hydrogen-bond donors (Lipinski definition) is 0. The number of nitrogens with zero attached hydrogens (tertiary/aromatic N) is 1. The SMILES string of the molecule is [18F]CCPc1ccncc1. The van der Waals surface area contributed by atoms with Gasteiger partial charge in [0.05, 0.1) is 6.67 Å². The van der Waals surface area contributed by atoms with Crippen molar-refractivity contribution in [1.29, 1.82) is 0 Å². The molecule has 1 aromatic rings. The van der Waals surface area contributed by atoms with Crippen molar-refractivity contribution in [2.45, 2.75) is 0 Å². The third kappa shape index (κ3) is 2.40. The van der Waals surface area contributed by atoms with Crippen molar-refractivity contribution in [3.8, 4) is 0 Å². The van der Waals surface area contributed by atoms with E-state index in [0.29, 0.717) is 14.7 Å². The highest BCUT2D eigenvalue weighted by molar-refractivity contribution is 7.47. The molecule has 0 bridgehead atoms. The van der Waals surface area contributed by atoms with Crippen LogP contribution in [0.15, 0.2) is 24.5 Å². The van der Waals surface area contributed by atoms with Gasteiger partial charge in [0, 0.05) is 12.4 Å². The molecule has 1 rings (SSSR count). The highest BCUT2D eigenvalue weighted by Crippen LogP contribution is 2.07. The first-order valence-corrected chi connectivity index (χ1v) is 4.34. The molecule has 1 heterocycles. The average Bonchev–Trinajstić information content (AvgIpc) is 2.03. The van der Waals surface area contributed by atoms with Crippen LogP contribution in [-0.2, 0) is 0 Å². The minimum atomic E-state index is -0.221. The van der Waals surface area contributed by atoms with Crippen LogP contribution in [0.5, 0.6) is 0 Å². The summed E-state index contributed by atoms with van der Waals surface area (Å²) in [7, 11) is 0.589. The van der Waals surface area contributed by atoms with Crippen LogP contribution >= 0.6 is 8.58 Å². The zero-order valence-electron chi connectivity index (χ0n) is 5.55. The van der Waals surface area contributed by atoms with Gasteiger partial charge in [-0.15, -0.1) is 0 Å². The Balaban J connectivity index is 2.43. The smallest absolute Gasteiger partial charge is 0.0934 e. The molecule has 3 heteroatoms. The van der Waals surface area contributed by atoms with Crippen LogP contribution in [-0.4, -0.2) is 17.8 Å². The Morgan fingerprint density at radius 1 is 1.40 bits per heavy atom. The van der Waals surface area contributed by atoms with Gasteiger partial charge in [0.2, 0.25) is 0 Å². The summed E-state index contributed by atoms with van der Waals surface area (Å²) in [5, 5.41) is 1.19. The van der Waals surface area contributed by atoms with Crippen molar-refractivity contribution in [2.75, 3.05) is 12.8 Å². The predicted octanol–water partition coefficient (Wildman–Crippen LogP) is 1.35. The van der Waals surface area contributed by atoms with Crippen molar-refractivity contribution in [3.63, 3.8) is 0 Å². The van der Waals surface area contributed by atoms with Crippen LogP contribution in [0.2, 0.25) is 0 Å². The van der Waals surface area contributed by atoms with Crippen LogP contribution in [0.1, 0.15) is 0 Å². The quantitative estimate of drug-likeness (QED) is 0.602. The van der Waals surface area contributed by atoms with Gasteiger partial charge in [0.15, 0.2) is 0 Å². The fourth-order valence-corrected chi connectivity index (χ4v) is 1.43. The highest BCUT2D eigenvalue weighted by atomic mass is 31.1. The normalized spacial score (nSPS) is 10.9. The Morgan fingerprint density at radius 3 is 2.70 bits per heavy atom. The molecule has 1 atom stereocenters. The second kappa shape index (κ2) is 4.35. The summed E-state index contributed by atoms with van der Waals surface area (Å²) < 4.78 is 11.7. The Kier molecular flexibility index (Phi) is 3.31. The minimum Gasteiger partial charge on any atom is -0.265 e. The summed E-state index contributed by atoms with van der Waals surface area (Å²) >= 11 is 0. The van der Waals surface area contributed by atoms with Crippen molar-refractivity contribution in [2.24, 2.45) is 0 Å². The maximum atomic E-state index is 11.7. The molecule has 1 aromatic heterocycles. The van der Waals surface area contributed by atoms with Gasteiger partial charge in [-0.2, -0.15) is 0 Å². The first kappa shape index (κ1) is 7.62. The number of rotatable bonds is 3. The van der Waals surface area contributed by atoms with Crippen molar-refractivity contribution in [1.82, 2.24) is 4.98 Å². The van der Waals surface area contributed by atoms with Crippen LogP contribution in [0, 0.1) is 0 Å². The second-order valence-electron chi connectivity index (χ2n) is 1.85. The van der Waals surface area contributed by atoms with Gasteiger partial charge in [-0.1, -0.05) is 8.58 Å². The molecule has 0 saturated heterocycles. The number of aromatic nitrogens is 1. The van der Waals surface area contributed by atoms with Crippen molar-refractivity contribution in [3.05, 3.63) is 24.5 Å². The van der Waals surface area contributed by atoms with Gasteiger partial charge in [-0.3, -0.25) is 9.37 Å². The molecule has 0 aliphatic rings. The van der Waals surface area contributed by atoms with E-state index in [1.165, 1.54) is 5.30 Å². The zero-order chi connectivity index (χ0) is 7.23. The molecule has 0 aromatic carbocycles. The average molecular weight is 156 g/mol. The van der Waals surface area contributed by atoms with E-state index in [1.54, 1.807) is 12.4 Å². The fraction of sp³-hybridized carbons (Fsp3) is 0.286. The Morgan fingerprint density at radius 2 is 2.10 bits per heavy atom. The molecule has 0 saturated carbocycles. The molecule has 54 valence electrons. The van der Waals surface area contributed by atoms with E-state index in [4.69, 9.17) is 0 Å². The standard InChI is InChI=1S/C7H9FNP/c8-3-6-10-7-1-4-9-5-2-7/h1-2,4-5,10H,3,6H2/i8-1. The van der Waals surface area contributed by atoms with Crippen molar-refractivity contribution >= 4 is 13.9 Å². The molecule has 1 nitrogen and oxygen atoms in total. The van der Waals surface area contributed by atoms with Gasteiger partial charge >= 0.3 is 0 Å². The van der Waals surface area contributed by atoms with Gasteiger partial charge in [-0.25, -0.2) is 0 Å². The first-order valence-electron chi connectivity index (χ1n) is 3.13. The fourth-order valence-electron chi connectivity index (χ4n) is 0.661. The summed E-state index contributed by atoms with van der Waals surface area (Å²) in [5.41, 5.74) is 0.